The number of carbonyl (C=O) groups is 1. The van der Waals surface area contributed by atoms with Gasteiger partial charge in [0, 0.05) is 37.8 Å². The lowest BCUT2D eigenvalue weighted by atomic mass is 10.1. The van der Waals surface area contributed by atoms with E-state index in [0.717, 1.165) is 42.7 Å². The van der Waals surface area contributed by atoms with Crippen molar-refractivity contribution in [2.75, 3.05) is 40.0 Å². The maximum absolute atomic E-state index is 12.6. The van der Waals surface area contributed by atoms with Gasteiger partial charge in [0.15, 0.2) is 0 Å². The summed E-state index contributed by atoms with van der Waals surface area (Å²) in [6.45, 7) is 10.1. The molecule has 1 aromatic carbocycles. The molecule has 1 aromatic rings. The van der Waals surface area contributed by atoms with Gasteiger partial charge >= 0.3 is 6.09 Å². The number of nitrogens with zero attached hydrogens (tertiary/aromatic N) is 2. The summed E-state index contributed by atoms with van der Waals surface area (Å²) in [5.41, 5.74) is 0.688. The lowest BCUT2D eigenvalue weighted by Gasteiger charge is -2.42. The molecule has 0 N–H and O–H groups in total. The van der Waals surface area contributed by atoms with Crippen molar-refractivity contribution in [3.05, 3.63) is 28.2 Å². The van der Waals surface area contributed by atoms with Crippen molar-refractivity contribution >= 4 is 22.0 Å². The number of hydrogen-bond donors (Lipinski definition) is 0. The van der Waals surface area contributed by atoms with Crippen molar-refractivity contribution in [3.63, 3.8) is 0 Å². The van der Waals surface area contributed by atoms with Crippen LogP contribution in [0.25, 0.3) is 0 Å². The Morgan fingerprint density at radius 3 is 2.57 bits per heavy atom. The summed E-state index contributed by atoms with van der Waals surface area (Å²) >= 11 is 3.58. The minimum Gasteiger partial charge on any atom is -0.491 e. The van der Waals surface area contributed by atoms with Crippen molar-refractivity contribution in [1.82, 2.24) is 9.80 Å². The molecule has 1 heterocycles. The molecule has 156 valence electrons. The standard InChI is InChI=1S/C21H31BrN2O4/c1-20(2,3)28-19(25)24-8-7-23(15-21(24)5-6-21)14-16-11-17(22)13-18(12-16)27-10-9-26-4/h11-13H,5-10,14-15H2,1-4H3. The first kappa shape index (κ1) is 21.4. The van der Waals surface area contributed by atoms with Crippen molar-refractivity contribution in [3.8, 4) is 5.75 Å². The fourth-order valence-electron chi connectivity index (χ4n) is 3.66. The third kappa shape index (κ3) is 5.61. The highest BCUT2D eigenvalue weighted by Gasteiger charge is 2.54. The number of amides is 1. The van der Waals surface area contributed by atoms with Crippen molar-refractivity contribution in [2.45, 2.75) is 51.3 Å². The van der Waals surface area contributed by atoms with Crippen LogP contribution in [0.2, 0.25) is 0 Å². The summed E-state index contributed by atoms with van der Waals surface area (Å²) < 4.78 is 17.4. The molecule has 7 heteroatoms. The zero-order chi connectivity index (χ0) is 20.4. The van der Waals surface area contributed by atoms with E-state index in [0.29, 0.717) is 19.8 Å². The van der Waals surface area contributed by atoms with Crippen LogP contribution in [0.5, 0.6) is 5.75 Å². The van der Waals surface area contributed by atoms with Gasteiger partial charge in [-0.3, -0.25) is 9.80 Å². The van der Waals surface area contributed by atoms with Crippen LogP contribution in [-0.2, 0) is 16.0 Å². The van der Waals surface area contributed by atoms with Gasteiger partial charge in [-0.1, -0.05) is 15.9 Å². The number of hydrogen-bond acceptors (Lipinski definition) is 5. The molecule has 6 nitrogen and oxygen atoms in total. The summed E-state index contributed by atoms with van der Waals surface area (Å²) in [5, 5.41) is 0. The van der Waals surface area contributed by atoms with Gasteiger partial charge in [-0.15, -0.1) is 0 Å². The molecule has 0 bridgehead atoms. The average molecular weight is 455 g/mol. The monoisotopic (exact) mass is 454 g/mol. The summed E-state index contributed by atoms with van der Waals surface area (Å²) in [6.07, 6.45) is 1.92. The van der Waals surface area contributed by atoms with Crippen LogP contribution in [0.4, 0.5) is 4.79 Å². The third-order valence-corrected chi connectivity index (χ3v) is 5.52. The molecule has 1 saturated carbocycles. The van der Waals surface area contributed by atoms with Crippen molar-refractivity contribution < 1.29 is 19.0 Å². The lowest BCUT2D eigenvalue weighted by molar-refractivity contribution is -0.00808. The Kier molecular flexibility index (Phi) is 6.57. The van der Waals surface area contributed by atoms with Crippen LogP contribution in [0.3, 0.4) is 0 Å². The van der Waals surface area contributed by atoms with Crippen LogP contribution < -0.4 is 4.74 Å². The molecule has 1 aliphatic carbocycles. The fraction of sp³-hybridized carbons (Fsp3) is 0.667. The topological polar surface area (TPSA) is 51.2 Å². The van der Waals surface area contributed by atoms with Crippen molar-refractivity contribution in [1.29, 1.82) is 0 Å². The number of halogens is 1. The zero-order valence-corrected chi connectivity index (χ0v) is 18.9. The van der Waals surface area contributed by atoms with Gasteiger partial charge in [-0.2, -0.15) is 0 Å². The Morgan fingerprint density at radius 1 is 1.18 bits per heavy atom. The molecular formula is C21H31BrN2O4. The van der Waals surface area contributed by atoms with E-state index in [2.05, 4.69) is 33.0 Å². The summed E-state index contributed by atoms with van der Waals surface area (Å²) in [5.74, 6) is 0.843. The van der Waals surface area contributed by atoms with Gasteiger partial charge in [0.2, 0.25) is 0 Å². The Labute approximate surface area is 176 Å². The first-order chi connectivity index (χ1) is 13.2. The third-order valence-electron chi connectivity index (χ3n) is 5.06. The van der Waals surface area contributed by atoms with Crippen LogP contribution in [0.15, 0.2) is 22.7 Å². The highest BCUT2D eigenvalue weighted by atomic mass is 79.9. The Hall–Kier alpha value is -1.31. The van der Waals surface area contributed by atoms with E-state index >= 15 is 0 Å². The molecular weight excluding hydrogens is 424 g/mol. The van der Waals surface area contributed by atoms with Gasteiger partial charge in [-0.25, -0.2) is 4.79 Å². The van der Waals surface area contributed by atoms with E-state index in [1.165, 1.54) is 5.56 Å². The number of rotatable bonds is 6. The molecule has 1 saturated heterocycles. The van der Waals surface area contributed by atoms with E-state index in [-0.39, 0.29) is 11.6 Å². The Balaban J connectivity index is 1.61. The second-order valence-electron chi connectivity index (χ2n) is 8.70. The second-order valence-corrected chi connectivity index (χ2v) is 9.62. The lowest BCUT2D eigenvalue weighted by Crippen LogP contribution is -2.57. The molecule has 2 fully saturated rings. The van der Waals surface area contributed by atoms with Gasteiger partial charge in [0.05, 0.1) is 12.1 Å². The SMILES string of the molecule is COCCOc1cc(Br)cc(CN2CCN(C(=O)OC(C)(C)C)C3(CC3)C2)c1. The van der Waals surface area contributed by atoms with E-state index in [1.807, 2.05) is 31.7 Å². The molecule has 0 atom stereocenters. The summed E-state index contributed by atoms with van der Waals surface area (Å²) in [7, 11) is 1.67. The maximum Gasteiger partial charge on any atom is 0.410 e. The first-order valence-electron chi connectivity index (χ1n) is 9.85. The predicted octanol–water partition coefficient (Wildman–Crippen LogP) is 4.06. The number of methoxy groups -OCH3 is 1. The minimum atomic E-state index is -0.459. The van der Waals surface area contributed by atoms with Crippen LogP contribution >= 0.6 is 15.9 Å². The smallest absolute Gasteiger partial charge is 0.410 e. The molecule has 0 aromatic heterocycles. The summed E-state index contributed by atoms with van der Waals surface area (Å²) in [6, 6.07) is 6.19. The summed E-state index contributed by atoms with van der Waals surface area (Å²) in [4.78, 5) is 17.0. The maximum atomic E-state index is 12.6. The van der Waals surface area contributed by atoms with Gasteiger partial charge in [0.25, 0.3) is 0 Å². The zero-order valence-electron chi connectivity index (χ0n) is 17.3. The largest absolute Gasteiger partial charge is 0.491 e. The second kappa shape index (κ2) is 8.59. The average Bonchev–Trinajstić information content (AvgIpc) is 3.32. The number of benzene rings is 1. The van der Waals surface area contributed by atoms with E-state index in [9.17, 15) is 4.79 Å². The fourth-order valence-corrected chi connectivity index (χ4v) is 4.18. The number of carbonyl (C=O) groups excluding carboxylic acids is 1. The van der Waals surface area contributed by atoms with E-state index < -0.39 is 5.60 Å². The van der Waals surface area contributed by atoms with Gasteiger partial charge < -0.3 is 14.2 Å². The molecule has 0 unspecified atom stereocenters. The van der Waals surface area contributed by atoms with Crippen LogP contribution in [-0.4, -0.2) is 67.0 Å². The van der Waals surface area contributed by atoms with Crippen LogP contribution in [0.1, 0.15) is 39.2 Å². The molecule has 2 aliphatic rings. The van der Waals surface area contributed by atoms with Crippen LogP contribution in [0, 0.1) is 0 Å². The highest BCUT2D eigenvalue weighted by molar-refractivity contribution is 9.10. The quantitative estimate of drug-likeness (QED) is 0.606. The molecule has 28 heavy (non-hydrogen) atoms. The number of ether oxygens (including phenoxy) is 3. The van der Waals surface area contributed by atoms with Crippen molar-refractivity contribution in [2.24, 2.45) is 0 Å². The Morgan fingerprint density at radius 2 is 1.93 bits per heavy atom. The molecule has 0 radical (unpaired) electrons. The van der Waals surface area contributed by atoms with Gasteiger partial charge in [-0.05, 0) is 57.4 Å². The highest BCUT2D eigenvalue weighted by Crippen LogP contribution is 2.45. The Bertz CT molecular complexity index is 700. The molecule has 1 amide bonds. The first-order valence-corrected chi connectivity index (χ1v) is 10.6. The molecule has 3 rings (SSSR count). The predicted molar refractivity (Wildman–Crippen MR) is 112 cm³/mol. The van der Waals surface area contributed by atoms with E-state index in [1.54, 1.807) is 7.11 Å². The van der Waals surface area contributed by atoms with Gasteiger partial charge in [0.1, 0.15) is 18.0 Å². The van der Waals surface area contributed by atoms with E-state index in [4.69, 9.17) is 14.2 Å². The minimum absolute atomic E-state index is 0.0512. The number of piperazine rings is 1. The molecule has 1 aliphatic heterocycles. The normalized spacial score (nSPS) is 19.0. The molecule has 1 spiro atoms.